The maximum atomic E-state index is 12.9. The number of benzene rings is 2. The third-order valence-corrected chi connectivity index (χ3v) is 4.58. The maximum Gasteiger partial charge on any atom is 0.277 e. The standard InChI is InChI=1S/C19H17N5O6/c25-18(21-20-12-13-5-2-1-3-6-13)17-7-4-8-22(17)19(26)14-9-15(23(27)28)11-16(10-14)24(29)30/h1-3,5-6,9-12,17H,4,7-8H2,(H,21,25)/t17-/m0/s1. The monoisotopic (exact) mass is 411 g/mol. The Labute approximate surface area is 170 Å². The molecule has 2 amide bonds. The van der Waals surface area contributed by atoms with Crippen molar-refractivity contribution in [3.63, 3.8) is 0 Å². The highest BCUT2D eigenvalue weighted by Crippen LogP contribution is 2.26. The van der Waals surface area contributed by atoms with Crippen molar-refractivity contribution in [3.8, 4) is 0 Å². The highest BCUT2D eigenvalue weighted by atomic mass is 16.6. The fourth-order valence-corrected chi connectivity index (χ4v) is 3.16. The summed E-state index contributed by atoms with van der Waals surface area (Å²) in [5.41, 5.74) is 1.81. The molecule has 0 spiro atoms. The third kappa shape index (κ3) is 4.63. The van der Waals surface area contributed by atoms with E-state index in [4.69, 9.17) is 0 Å². The van der Waals surface area contributed by atoms with E-state index in [1.807, 2.05) is 18.2 Å². The van der Waals surface area contributed by atoms with E-state index in [-0.39, 0.29) is 12.1 Å². The number of nitrogens with zero attached hydrogens (tertiary/aromatic N) is 4. The molecule has 1 atom stereocenters. The van der Waals surface area contributed by atoms with Gasteiger partial charge in [-0.3, -0.25) is 29.8 Å². The zero-order valence-electron chi connectivity index (χ0n) is 15.6. The van der Waals surface area contributed by atoms with Gasteiger partial charge in [0.25, 0.3) is 23.2 Å². The minimum Gasteiger partial charge on any atom is -0.327 e. The van der Waals surface area contributed by atoms with Gasteiger partial charge in [-0.15, -0.1) is 0 Å². The summed E-state index contributed by atoms with van der Waals surface area (Å²) in [5.74, 6) is -1.19. The van der Waals surface area contributed by atoms with Crippen molar-refractivity contribution in [2.45, 2.75) is 18.9 Å². The highest BCUT2D eigenvalue weighted by molar-refractivity contribution is 5.99. The first-order valence-electron chi connectivity index (χ1n) is 8.99. The second kappa shape index (κ2) is 8.90. The van der Waals surface area contributed by atoms with Gasteiger partial charge in [0.15, 0.2) is 0 Å². The molecule has 1 heterocycles. The smallest absolute Gasteiger partial charge is 0.277 e. The Balaban J connectivity index is 1.77. The lowest BCUT2D eigenvalue weighted by molar-refractivity contribution is -0.394. The summed E-state index contributed by atoms with van der Waals surface area (Å²) in [6.07, 6.45) is 2.39. The minimum atomic E-state index is -0.830. The summed E-state index contributed by atoms with van der Waals surface area (Å²) >= 11 is 0. The Morgan fingerprint density at radius 2 is 1.70 bits per heavy atom. The van der Waals surface area contributed by atoms with Gasteiger partial charge in [-0.2, -0.15) is 5.10 Å². The molecule has 11 nitrogen and oxygen atoms in total. The molecule has 0 saturated carbocycles. The second-order valence-corrected chi connectivity index (χ2v) is 6.55. The first kappa shape index (κ1) is 20.6. The van der Waals surface area contributed by atoms with Gasteiger partial charge in [-0.1, -0.05) is 30.3 Å². The van der Waals surface area contributed by atoms with Crippen LogP contribution < -0.4 is 5.43 Å². The number of rotatable bonds is 6. The Kier molecular flexibility index (Phi) is 6.11. The molecule has 1 saturated heterocycles. The number of non-ortho nitro benzene ring substituents is 2. The predicted octanol–water partition coefficient (Wildman–Crippen LogP) is 2.26. The highest BCUT2D eigenvalue weighted by Gasteiger charge is 2.35. The first-order chi connectivity index (χ1) is 14.4. The number of carbonyl (C=O) groups excluding carboxylic acids is 2. The maximum absolute atomic E-state index is 12.9. The van der Waals surface area contributed by atoms with E-state index in [0.717, 1.165) is 23.8 Å². The quantitative estimate of drug-likeness (QED) is 0.438. The lowest BCUT2D eigenvalue weighted by Crippen LogP contribution is -2.44. The molecule has 0 radical (unpaired) electrons. The van der Waals surface area contributed by atoms with E-state index >= 15 is 0 Å². The van der Waals surface area contributed by atoms with Crippen LogP contribution in [0.5, 0.6) is 0 Å². The molecule has 1 N–H and O–H groups in total. The van der Waals surface area contributed by atoms with Gasteiger partial charge in [0.1, 0.15) is 6.04 Å². The Hall–Kier alpha value is -4.15. The predicted molar refractivity (Wildman–Crippen MR) is 106 cm³/mol. The number of nitro benzene ring substituents is 2. The van der Waals surface area contributed by atoms with Crippen LogP contribution >= 0.6 is 0 Å². The van der Waals surface area contributed by atoms with E-state index in [0.29, 0.717) is 12.8 Å². The van der Waals surface area contributed by atoms with Crippen LogP contribution in [0, 0.1) is 20.2 Å². The van der Waals surface area contributed by atoms with Crippen LogP contribution in [0.1, 0.15) is 28.8 Å². The number of carbonyl (C=O) groups is 2. The summed E-state index contributed by atoms with van der Waals surface area (Å²) in [4.78, 5) is 47.1. The Morgan fingerprint density at radius 1 is 1.07 bits per heavy atom. The van der Waals surface area contributed by atoms with Gasteiger partial charge in [0.2, 0.25) is 0 Å². The van der Waals surface area contributed by atoms with Gasteiger partial charge >= 0.3 is 0 Å². The number of amides is 2. The normalized spacial score (nSPS) is 15.9. The molecule has 11 heteroatoms. The molecule has 0 unspecified atom stereocenters. The van der Waals surface area contributed by atoms with Crippen LogP contribution in [-0.4, -0.2) is 45.4 Å². The van der Waals surface area contributed by atoms with Crippen molar-refractivity contribution >= 4 is 29.4 Å². The molecule has 0 aliphatic carbocycles. The molecule has 0 bridgehead atoms. The van der Waals surface area contributed by atoms with Crippen molar-refractivity contribution in [1.82, 2.24) is 10.3 Å². The van der Waals surface area contributed by atoms with Gasteiger partial charge in [-0.05, 0) is 18.4 Å². The van der Waals surface area contributed by atoms with Crippen LogP contribution in [0.15, 0.2) is 53.6 Å². The Morgan fingerprint density at radius 3 is 2.30 bits per heavy atom. The lowest BCUT2D eigenvalue weighted by atomic mass is 10.1. The van der Waals surface area contributed by atoms with Crippen molar-refractivity contribution in [3.05, 3.63) is 79.9 Å². The molecule has 30 heavy (non-hydrogen) atoms. The zero-order valence-corrected chi connectivity index (χ0v) is 15.6. The third-order valence-electron chi connectivity index (χ3n) is 4.58. The summed E-state index contributed by atoms with van der Waals surface area (Å²) in [5, 5.41) is 26.0. The van der Waals surface area contributed by atoms with Gasteiger partial charge in [0.05, 0.1) is 27.7 Å². The summed E-state index contributed by atoms with van der Waals surface area (Å²) in [6.45, 7) is 0.246. The first-order valence-corrected chi connectivity index (χ1v) is 8.99. The van der Waals surface area contributed by atoms with Crippen molar-refractivity contribution in [2.24, 2.45) is 5.10 Å². The summed E-state index contributed by atoms with van der Waals surface area (Å²) in [7, 11) is 0. The molecular formula is C19H17N5O6. The molecule has 1 aliphatic heterocycles. The van der Waals surface area contributed by atoms with Gasteiger partial charge in [-0.25, -0.2) is 5.43 Å². The number of nitrogens with one attached hydrogen (secondary N) is 1. The molecule has 1 fully saturated rings. The zero-order chi connectivity index (χ0) is 21.7. The largest absolute Gasteiger partial charge is 0.327 e. The van der Waals surface area contributed by atoms with Crippen LogP contribution in [0.25, 0.3) is 0 Å². The Bertz CT molecular complexity index is 991. The van der Waals surface area contributed by atoms with Crippen LogP contribution in [0.4, 0.5) is 11.4 Å². The van der Waals surface area contributed by atoms with E-state index < -0.39 is 39.1 Å². The molecule has 0 aromatic heterocycles. The van der Waals surface area contributed by atoms with Crippen LogP contribution in [0.2, 0.25) is 0 Å². The van der Waals surface area contributed by atoms with Gasteiger partial charge < -0.3 is 4.90 Å². The molecule has 2 aromatic rings. The van der Waals surface area contributed by atoms with E-state index in [9.17, 15) is 29.8 Å². The average molecular weight is 411 g/mol. The molecule has 3 rings (SSSR count). The number of hydrogen-bond donors (Lipinski definition) is 1. The fourth-order valence-electron chi connectivity index (χ4n) is 3.16. The molecule has 2 aromatic carbocycles. The number of hydrazone groups is 1. The van der Waals surface area contributed by atoms with Crippen molar-refractivity contribution in [1.29, 1.82) is 0 Å². The number of likely N-dealkylation sites (tertiary alicyclic amines) is 1. The average Bonchev–Trinajstić information content (AvgIpc) is 3.23. The molecule has 154 valence electrons. The van der Waals surface area contributed by atoms with Crippen molar-refractivity contribution < 1.29 is 19.4 Å². The topological polar surface area (TPSA) is 148 Å². The van der Waals surface area contributed by atoms with E-state index in [1.165, 1.54) is 11.1 Å². The number of nitro groups is 2. The van der Waals surface area contributed by atoms with Gasteiger partial charge in [0, 0.05) is 18.7 Å². The summed E-state index contributed by atoms with van der Waals surface area (Å²) < 4.78 is 0. The lowest BCUT2D eigenvalue weighted by Gasteiger charge is -2.23. The van der Waals surface area contributed by atoms with Crippen LogP contribution in [-0.2, 0) is 4.79 Å². The second-order valence-electron chi connectivity index (χ2n) is 6.55. The fraction of sp³-hybridized carbons (Fsp3) is 0.211. The molecule has 1 aliphatic rings. The number of hydrogen-bond acceptors (Lipinski definition) is 7. The SMILES string of the molecule is O=C(NN=Cc1ccccc1)[C@@H]1CCCN1C(=O)c1cc([N+](=O)[O-])cc([N+](=O)[O-])c1. The van der Waals surface area contributed by atoms with Crippen molar-refractivity contribution in [2.75, 3.05) is 6.54 Å². The molecular weight excluding hydrogens is 394 g/mol. The van der Waals surface area contributed by atoms with Crippen LogP contribution in [0.3, 0.4) is 0 Å². The summed E-state index contributed by atoms with van der Waals surface area (Å²) in [6, 6.07) is 11.0. The van der Waals surface area contributed by atoms with E-state index in [1.54, 1.807) is 12.1 Å². The van der Waals surface area contributed by atoms with E-state index in [2.05, 4.69) is 10.5 Å². The minimum absolute atomic E-state index is 0.219.